The van der Waals surface area contributed by atoms with Crippen LogP contribution in [0.5, 0.6) is 0 Å². The van der Waals surface area contributed by atoms with Crippen LogP contribution in [0.25, 0.3) is 0 Å². The van der Waals surface area contributed by atoms with Crippen LogP contribution >= 0.6 is 34.2 Å². The molecule has 0 bridgehead atoms. The molecule has 0 aromatic heterocycles. The van der Waals surface area contributed by atoms with Gasteiger partial charge in [-0.3, -0.25) is 0 Å². The predicted octanol–water partition coefficient (Wildman–Crippen LogP) is 4.40. The van der Waals surface area contributed by atoms with Crippen LogP contribution in [-0.4, -0.2) is 6.54 Å². The van der Waals surface area contributed by atoms with E-state index >= 15 is 0 Å². The Hall–Kier alpha value is 0.0400. The number of nitrogens with one attached hydrogen (secondary N) is 1. The highest BCUT2D eigenvalue weighted by atomic mass is 127. The maximum atomic E-state index is 6.08. The Morgan fingerprint density at radius 1 is 1.43 bits per heavy atom. The lowest BCUT2D eigenvalue weighted by Crippen LogP contribution is -2.05. The average Bonchev–Trinajstić information content (AvgIpc) is 2.08. The highest BCUT2D eigenvalue weighted by Gasteiger charge is 2.00. The van der Waals surface area contributed by atoms with Gasteiger partial charge in [0.15, 0.2) is 0 Å². The highest BCUT2D eigenvalue weighted by molar-refractivity contribution is 14.1. The van der Waals surface area contributed by atoms with Crippen molar-refractivity contribution < 1.29 is 0 Å². The summed E-state index contributed by atoms with van der Waals surface area (Å²) >= 11 is 8.34. The first-order valence-electron chi connectivity index (χ1n) is 4.78. The van der Waals surface area contributed by atoms with Gasteiger partial charge in [0.1, 0.15) is 0 Å². The number of anilines is 1. The third kappa shape index (κ3) is 4.05. The van der Waals surface area contributed by atoms with E-state index < -0.39 is 0 Å². The monoisotopic (exact) mass is 323 g/mol. The second kappa shape index (κ2) is 5.81. The fourth-order valence-corrected chi connectivity index (χ4v) is 2.05. The fraction of sp³-hybridized carbons (Fsp3) is 0.455. The Morgan fingerprint density at radius 3 is 2.71 bits per heavy atom. The largest absolute Gasteiger partial charge is 0.384 e. The third-order valence-corrected chi connectivity index (χ3v) is 2.95. The minimum absolute atomic E-state index is 0.727. The van der Waals surface area contributed by atoms with Crippen LogP contribution < -0.4 is 5.32 Å². The topological polar surface area (TPSA) is 12.0 Å². The van der Waals surface area contributed by atoms with Crippen molar-refractivity contribution in [1.29, 1.82) is 0 Å². The van der Waals surface area contributed by atoms with E-state index in [1.165, 1.54) is 9.99 Å². The van der Waals surface area contributed by atoms with Gasteiger partial charge in [0.05, 0.1) is 10.7 Å². The molecule has 0 saturated carbocycles. The summed E-state index contributed by atoms with van der Waals surface area (Å²) in [6.07, 6.45) is 1.17. The van der Waals surface area contributed by atoms with Crippen molar-refractivity contribution in [3.8, 4) is 0 Å². The quantitative estimate of drug-likeness (QED) is 0.810. The van der Waals surface area contributed by atoms with Gasteiger partial charge in [0, 0.05) is 10.1 Å². The van der Waals surface area contributed by atoms with E-state index in [1.807, 2.05) is 12.1 Å². The molecule has 3 heteroatoms. The molecule has 1 nitrogen and oxygen atoms in total. The zero-order valence-corrected chi connectivity index (χ0v) is 11.4. The van der Waals surface area contributed by atoms with Gasteiger partial charge in [-0.25, -0.2) is 0 Å². The molecule has 1 N–H and O–H groups in total. The van der Waals surface area contributed by atoms with Gasteiger partial charge in [-0.05, 0) is 53.1 Å². The zero-order chi connectivity index (χ0) is 10.6. The summed E-state index contributed by atoms with van der Waals surface area (Å²) < 4.78 is 1.17. The standard InChI is InChI=1S/C11H15ClIN/c1-8(2)5-6-14-11-4-3-9(13)7-10(11)12/h3-4,7-8,14H,5-6H2,1-2H3. The van der Waals surface area contributed by atoms with Gasteiger partial charge in [-0.1, -0.05) is 25.4 Å². The van der Waals surface area contributed by atoms with Crippen molar-refractivity contribution >= 4 is 39.9 Å². The van der Waals surface area contributed by atoms with E-state index in [2.05, 4.69) is 47.8 Å². The molecule has 0 heterocycles. The van der Waals surface area contributed by atoms with E-state index in [9.17, 15) is 0 Å². The average molecular weight is 324 g/mol. The van der Waals surface area contributed by atoms with Crippen molar-refractivity contribution in [3.05, 3.63) is 26.8 Å². The van der Waals surface area contributed by atoms with Gasteiger partial charge < -0.3 is 5.32 Å². The van der Waals surface area contributed by atoms with Crippen molar-refractivity contribution in [2.24, 2.45) is 5.92 Å². The molecule has 0 spiro atoms. The summed E-state index contributed by atoms with van der Waals surface area (Å²) in [5, 5.41) is 4.14. The normalized spacial score (nSPS) is 10.6. The molecule has 0 aliphatic rings. The minimum Gasteiger partial charge on any atom is -0.384 e. The molecule has 0 amide bonds. The first-order valence-corrected chi connectivity index (χ1v) is 6.24. The summed E-state index contributed by atoms with van der Waals surface area (Å²) in [5.74, 6) is 0.727. The molecule has 0 unspecified atom stereocenters. The summed E-state index contributed by atoms with van der Waals surface area (Å²) in [5.41, 5.74) is 1.03. The first kappa shape index (κ1) is 12.1. The minimum atomic E-state index is 0.727. The van der Waals surface area contributed by atoms with Crippen molar-refractivity contribution in [3.63, 3.8) is 0 Å². The summed E-state index contributed by atoms with van der Waals surface area (Å²) in [4.78, 5) is 0. The molecule has 0 fully saturated rings. The number of rotatable bonds is 4. The molecule has 0 radical (unpaired) electrons. The molecule has 1 aromatic carbocycles. The fourth-order valence-electron chi connectivity index (χ4n) is 1.13. The molecule has 0 atom stereocenters. The number of benzene rings is 1. The van der Waals surface area contributed by atoms with Crippen LogP contribution in [0.2, 0.25) is 5.02 Å². The summed E-state index contributed by atoms with van der Waals surface area (Å²) in [7, 11) is 0. The van der Waals surface area contributed by atoms with E-state index in [1.54, 1.807) is 0 Å². The van der Waals surface area contributed by atoms with Gasteiger partial charge >= 0.3 is 0 Å². The molecule has 0 aliphatic carbocycles. The maximum absolute atomic E-state index is 6.08. The van der Waals surface area contributed by atoms with E-state index in [4.69, 9.17) is 11.6 Å². The van der Waals surface area contributed by atoms with Crippen LogP contribution in [-0.2, 0) is 0 Å². The van der Waals surface area contributed by atoms with Crippen LogP contribution in [0, 0.1) is 9.49 Å². The number of hydrogen-bond donors (Lipinski definition) is 1. The Labute approximate surface area is 104 Å². The Kier molecular flexibility index (Phi) is 5.02. The molecular formula is C11H15ClIN. The van der Waals surface area contributed by atoms with Crippen molar-refractivity contribution in [2.75, 3.05) is 11.9 Å². The van der Waals surface area contributed by atoms with Gasteiger partial charge in [0.25, 0.3) is 0 Å². The Balaban J connectivity index is 2.51. The molecule has 78 valence electrons. The lowest BCUT2D eigenvalue weighted by atomic mass is 10.1. The van der Waals surface area contributed by atoms with E-state index in [-0.39, 0.29) is 0 Å². The predicted molar refractivity (Wildman–Crippen MR) is 72.1 cm³/mol. The molecule has 0 aliphatic heterocycles. The first-order chi connectivity index (χ1) is 6.59. The van der Waals surface area contributed by atoms with Crippen LogP contribution in [0.4, 0.5) is 5.69 Å². The van der Waals surface area contributed by atoms with Crippen LogP contribution in [0.15, 0.2) is 18.2 Å². The van der Waals surface area contributed by atoms with Crippen LogP contribution in [0.1, 0.15) is 20.3 Å². The lowest BCUT2D eigenvalue weighted by molar-refractivity contribution is 0.607. The maximum Gasteiger partial charge on any atom is 0.0648 e. The van der Waals surface area contributed by atoms with Gasteiger partial charge in [0.2, 0.25) is 0 Å². The molecule has 1 aromatic rings. The molecule has 14 heavy (non-hydrogen) atoms. The van der Waals surface area contributed by atoms with Gasteiger partial charge in [-0.15, -0.1) is 0 Å². The summed E-state index contributed by atoms with van der Waals surface area (Å²) in [6, 6.07) is 6.06. The van der Waals surface area contributed by atoms with Gasteiger partial charge in [-0.2, -0.15) is 0 Å². The second-order valence-corrected chi connectivity index (χ2v) is 5.39. The van der Waals surface area contributed by atoms with Crippen molar-refractivity contribution in [1.82, 2.24) is 0 Å². The van der Waals surface area contributed by atoms with E-state index in [0.29, 0.717) is 0 Å². The molecular weight excluding hydrogens is 308 g/mol. The highest BCUT2D eigenvalue weighted by Crippen LogP contribution is 2.23. The molecule has 0 saturated heterocycles. The third-order valence-electron chi connectivity index (χ3n) is 1.97. The SMILES string of the molecule is CC(C)CCNc1ccc(I)cc1Cl. The smallest absolute Gasteiger partial charge is 0.0648 e. The lowest BCUT2D eigenvalue weighted by Gasteiger charge is -2.09. The van der Waals surface area contributed by atoms with Crippen LogP contribution in [0.3, 0.4) is 0 Å². The second-order valence-electron chi connectivity index (χ2n) is 3.73. The summed E-state index contributed by atoms with van der Waals surface area (Å²) in [6.45, 7) is 5.42. The number of hydrogen-bond acceptors (Lipinski definition) is 1. The van der Waals surface area contributed by atoms with Crippen molar-refractivity contribution in [2.45, 2.75) is 20.3 Å². The number of halogens is 2. The Morgan fingerprint density at radius 2 is 2.14 bits per heavy atom. The van der Waals surface area contributed by atoms with E-state index in [0.717, 1.165) is 23.2 Å². The zero-order valence-electron chi connectivity index (χ0n) is 8.48. The Bertz CT molecular complexity index is 299. The molecule has 1 rings (SSSR count).